The summed E-state index contributed by atoms with van der Waals surface area (Å²) in [6.45, 7) is 6.09. The number of nitrogens with one attached hydrogen (secondary N) is 1. The first kappa shape index (κ1) is 21.5. The zero-order chi connectivity index (χ0) is 22.0. The maximum Gasteiger partial charge on any atom is 0.328 e. The lowest BCUT2D eigenvalue weighted by molar-refractivity contribution is -0.120. The van der Waals surface area contributed by atoms with E-state index in [0.717, 1.165) is 63.7 Å². The summed E-state index contributed by atoms with van der Waals surface area (Å²) in [6.07, 6.45) is 5.37. The van der Waals surface area contributed by atoms with Crippen LogP contribution in [0, 0.1) is 12.3 Å². The SMILES string of the molecule is Cc1ccc(C(=O)N2CCC3(CCN(CC=O)CC3)CC2)cc1N1CCC(=O)NC1=O. The maximum absolute atomic E-state index is 13.2. The maximum atomic E-state index is 13.2. The zero-order valence-corrected chi connectivity index (χ0v) is 18.1. The van der Waals surface area contributed by atoms with Gasteiger partial charge in [-0.25, -0.2) is 4.79 Å². The van der Waals surface area contributed by atoms with E-state index in [0.29, 0.717) is 24.3 Å². The lowest BCUT2D eigenvalue weighted by Crippen LogP contribution is -2.50. The Balaban J connectivity index is 1.41. The van der Waals surface area contributed by atoms with Crippen LogP contribution in [0.1, 0.15) is 48.0 Å². The molecular weight excluding hydrogens is 396 g/mol. The number of likely N-dealkylation sites (tertiary alicyclic amines) is 2. The number of aldehydes is 1. The third kappa shape index (κ3) is 4.49. The monoisotopic (exact) mass is 426 g/mol. The number of nitrogens with zero attached hydrogens (tertiary/aromatic N) is 3. The number of carbonyl (C=O) groups excluding carboxylic acids is 4. The Kier molecular flexibility index (Phi) is 6.09. The van der Waals surface area contributed by atoms with Gasteiger partial charge in [0.1, 0.15) is 6.29 Å². The van der Waals surface area contributed by atoms with Crippen molar-refractivity contribution in [1.82, 2.24) is 15.1 Å². The molecule has 3 fully saturated rings. The molecule has 31 heavy (non-hydrogen) atoms. The predicted molar refractivity (Wildman–Crippen MR) is 116 cm³/mol. The number of amides is 4. The molecule has 8 nitrogen and oxygen atoms in total. The molecule has 1 aromatic rings. The van der Waals surface area contributed by atoms with Gasteiger partial charge in [0.15, 0.2) is 0 Å². The molecule has 3 aliphatic rings. The standard InChI is InChI=1S/C23H30N4O4/c1-17-2-3-18(16-19(17)27-9-4-20(29)24-22(27)31)21(30)26-12-7-23(8-13-26)5-10-25(11-6-23)14-15-28/h2-3,15-16H,4-14H2,1H3,(H,24,29,31). The van der Waals surface area contributed by atoms with E-state index >= 15 is 0 Å². The van der Waals surface area contributed by atoms with Crippen LogP contribution in [0.3, 0.4) is 0 Å². The molecule has 1 spiro atoms. The van der Waals surface area contributed by atoms with Crippen molar-refractivity contribution in [2.45, 2.75) is 39.0 Å². The first-order valence-corrected chi connectivity index (χ1v) is 11.1. The van der Waals surface area contributed by atoms with Crippen LogP contribution in [-0.4, -0.2) is 73.2 Å². The molecule has 0 saturated carbocycles. The van der Waals surface area contributed by atoms with Crippen LogP contribution in [-0.2, 0) is 9.59 Å². The number of carbonyl (C=O) groups is 4. The van der Waals surface area contributed by atoms with Gasteiger partial charge >= 0.3 is 6.03 Å². The topological polar surface area (TPSA) is 90.0 Å². The third-order valence-electron chi connectivity index (χ3n) is 7.16. The number of aryl methyl sites for hydroxylation is 1. The van der Waals surface area contributed by atoms with Gasteiger partial charge in [0.2, 0.25) is 5.91 Å². The number of hydrogen-bond acceptors (Lipinski definition) is 5. The average molecular weight is 427 g/mol. The molecule has 0 aromatic heterocycles. The summed E-state index contributed by atoms with van der Waals surface area (Å²) in [4.78, 5) is 53.3. The molecule has 3 saturated heterocycles. The number of hydrogen-bond donors (Lipinski definition) is 1. The van der Waals surface area contributed by atoms with Crippen LogP contribution in [0.25, 0.3) is 0 Å². The van der Waals surface area contributed by atoms with E-state index in [-0.39, 0.29) is 23.7 Å². The van der Waals surface area contributed by atoms with E-state index < -0.39 is 6.03 Å². The first-order valence-electron chi connectivity index (χ1n) is 11.1. The van der Waals surface area contributed by atoms with E-state index in [1.54, 1.807) is 6.07 Å². The molecule has 8 heteroatoms. The number of imide groups is 1. The fourth-order valence-corrected chi connectivity index (χ4v) is 5.01. The fourth-order valence-electron chi connectivity index (χ4n) is 5.01. The van der Waals surface area contributed by atoms with Gasteiger partial charge in [-0.1, -0.05) is 6.07 Å². The molecule has 4 amide bonds. The second kappa shape index (κ2) is 8.78. The highest BCUT2D eigenvalue weighted by atomic mass is 16.2. The smallest absolute Gasteiger partial charge is 0.328 e. The normalized spacial score (nSPS) is 21.8. The van der Waals surface area contributed by atoms with Crippen molar-refractivity contribution in [3.05, 3.63) is 29.3 Å². The Hall–Kier alpha value is -2.74. The van der Waals surface area contributed by atoms with Crippen molar-refractivity contribution >= 4 is 29.8 Å². The number of anilines is 1. The van der Waals surface area contributed by atoms with Crippen molar-refractivity contribution < 1.29 is 19.2 Å². The Morgan fingerprint density at radius 1 is 1.06 bits per heavy atom. The fraction of sp³-hybridized carbons (Fsp3) is 0.565. The summed E-state index contributed by atoms with van der Waals surface area (Å²) in [5, 5.41) is 2.34. The summed E-state index contributed by atoms with van der Waals surface area (Å²) in [6, 6.07) is 5.01. The average Bonchev–Trinajstić information content (AvgIpc) is 2.77. The minimum Gasteiger partial charge on any atom is -0.339 e. The van der Waals surface area contributed by atoms with Crippen molar-refractivity contribution in [1.29, 1.82) is 0 Å². The number of urea groups is 1. The van der Waals surface area contributed by atoms with Gasteiger partial charge in [0.25, 0.3) is 5.91 Å². The van der Waals surface area contributed by atoms with Gasteiger partial charge < -0.3 is 9.69 Å². The Morgan fingerprint density at radius 2 is 1.74 bits per heavy atom. The van der Waals surface area contributed by atoms with Crippen molar-refractivity contribution in [2.75, 3.05) is 44.2 Å². The number of piperidine rings is 2. The lowest BCUT2D eigenvalue weighted by Gasteiger charge is -2.46. The van der Waals surface area contributed by atoms with Crippen molar-refractivity contribution in [3.63, 3.8) is 0 Å². The molecule has 1 aromatic carbocycles. The lowest BCUT2D eigenvalue weighted by atomic mass is 9.71. The first-order chi connectivity index (χ1) is 14.9. The van der Waals surface area contributed by atoms with Crippen LogP contribution in [0.15, 0.2) is 18.2 Å². The van der Waals surface area contributed by atoms with Gasteiger partial charge in [0, 0.05) is 37.3 Å². The highest BCUT2D eigenvalue weighted by molar-refractivity contribution is 6.06. The Bertz CT molecular complexity index is 882. The molecule has 0 atom stereocenters. The van der Waals surface area contributed by atoms with Crippen LogP contribution in [0.4, 0.5) is 10.5 Å². The minimum atomic E-state index is -0.440. The van der Waals surface area contributed by atoms with Gasteiger partial charge in [-0.15, -0.1) is 0 Å². The molecule has 0 unspecified atom stereocenters. The molecular formula is C23H30N4O4. The van der Waals surface area contributed by atoms with Crippen molar-refractivity contribution in [2.24, 2.45) is 5.41 Å². The van der Waals surface area contributed by atoms with E-state index in [2.05, 4.69) is 10.2 Å². The van der Waals surface area contributed by atoms with Gasteiger partial charge in [-0.2, -0.15) is 0 Å². The Labute approximate surface area is 182 Å². The largest absolute Gasteiger partial charge is 0.339 e. The summed E-state index contributed by atoms with van der Waals surface area (Å²) >= 11 is 0. The van der Waals surface area contributed by atoms with Crippen molar-refractivity contribution in [3.8, 4) is 0 Å². The van der Waals surface area contributed by atoms with Crippen LogP contribution < -0.4 is 10.2 Å². The molecule has 166 valence electrons. The zero-order valence-electron chi connectivity index (χ0n) is 18.1. The molecule has 0 aliphatic carbocycles. The minimum absolute atomic E-state index is 0.0111. The van der Waals surface area contributed by atoms with Crippen LogP contribution in [0.5, 0.6) is 0 Å². The predicted octanol–water partition coefficient (Wildman–Crippen LogP) is 1.96. The molecule has 0 bridgehead atoms. The molecule has 0 radical (unpaired) electrons. The second-order valence-corrected chi connectivity index (χ2v) is 9.02. The Morgan fingerprint density at radius 3 is 2.39 bits per heavy atom. The van der Waals surface area contributed by atoms with Gasteiger partial charge in [-0.05, 0) is 68.8 Å². The van der Waals surface area contributed by atoms with E-state index in [1.807, 2.05) is 24.0 Å². The van der Waals surface area contributed by atoms with Crippen LogP contribution >= 0.6 is 0 Å². The summed E-state index contributed by atoms with van der Waals surface area (Å²) in [5.41, 5.74) is 2.42. The van der Waals surface area contributed by atoms with E-state index in [4.69, 9.17) is 0 Å². The molecule has 3 heterocycles. The molecule has 4 rings (SSSR count). The summed E-state index contributed by atoms with van der Waals surface area (Å²) in [7, 11) is 0. The number of benzene rings is 1. The third-order valence-corrected chi connectivity index (χ3v) is 7.16. The van der Waals surface area contributed by atoms with E-state index in [1.165, 1.54) is 4.90 Å². The highest BCUT2D eigenvalue weighted by Gasteiger charge is 2.38. The van der Waals surface area contributed by atoms with Crippen LogP contribution in [0.2, 0.25) is 0 Å². The number of rotatable bonds is 4. The van der Waals surface area contributed by atoms with Gasteiger partial charge in [-0.3, -0.25) is 24.7 Å². The van der Waals surface area contributed by atoms with E-state index in [9.17, 15) is 19.2 Å². The summed E-state index contributed by atoms with van der Waals surface area (Å²) in [5.74, 6) is -0.284. The quantitative estimate of drug-likeness (QED) is 0.744. The second-order valence-electron chi connectivity index (χ2n) is 9.02. The summed E-state index contributed by atoms with van der Waals surface area (Å²) < 4.78 is 0. The van der Waals surface area contributed by atoms with Gasteiger partial charge in [0.05, 0.1) is 6.54 Å². The molecule has 1 N–H and O–H groups in total. The molecule has 3 aliphatic heterocycles. The highest BCUT2D eigenvalue weighted by Crippen LogP contribution is 2.41.